The molecule has 1 heterocycles. The zero-order chi connectivity index (χ0) is 10.8. The zero-order valence-electron chi connectivity index (χ0n) is 8.62. The van der Waals surface area contributed by atoms with Crippen LogP contribution in [0.1, 0.15) is 36.0 Å². The number of aliphatic carboxylic acids is 1. The van der Waals surface area contributed by atoms with Gasteiger partial charge in [0, 0.05) is 18.7 Å². The van der Waals surface area contributed by atoms with Gasteiger partial charge < -0.3 is 14.8 Å². The minimum absolute atomic E-state index is 0.0688. The highest BCUT2D eigenvalue weighted by molar-refractivity contribution is 5.68. The number of aryl methyl sites for hydroxylation is 1. The Morgan fingerprint density at radius 2 is 2.53 bits per heavy atom. The summed E-state index contributed by atoms with van der Waals surface area (Å²) < 4.78 is 4.97. The van der Waals surface area contributed by atoms with E-state index in [0.717, 1.165) is 30.1 Å². The van der Waals surface area contributed by atoms with Gasteiger partial charge in [-0.05, 0) is 12.8 Å². The highest BCUT2D eigenvalue weighted by atomic mass is 16.5. The van der Waals surface area contributed by atoms with Gasteiger partial charge in [0.2, 0.25) is 0 Å². The molecule has 0 fully saturated rings. The summed E-state index contributed by atoms with van der Waals surface area (Å²) >= 11 is 0. The number of aromatic amines is 1. The van der Waals surface area contributed by atoms with E-state index in [1.54, 1.807) is 7.11 Å². The Morgan fingerprint density at radius 1 is 1.73 bits per heavy atom. The number of nitrogens with zero attached hydrogens (tertiary/aromatic N) is 1. The summed E-state index contributed by atoms with van der Waals surface area (Å²) in [6.45, 7) is 0.451. The number of nitrogens with one attached hydrogen (secondary N) is 1. The Balaban J connectivity index is 2.14. The molecule has 0 aromatic carbocycles. The normalized spacial score (nSPS) is 19.1. The van der Waals surface area contributed by atoms with Crippen molar-refractivity contribution in [3.05, 3.63) is 17.2 Å². The summed E-state index contributed by atoms with van der Waals surface area (Å²) in [4.78, 5) is 18.2. The van der Waals surface area contributed by atoms with Gasteiger partial charge in [0.1, 0.15) is 12.4 Å². The van der Waals surface area contributed by atoms with Crippen molar-refractivity contribution in [2.24, 2.45) is 0 Å². The first-order valence-corrected chi connectivity index (χ1v) is 4.99. The quantitative estimate of drug-likeness (QED) is 0.779. The molecular formula is C10H14N2O3. The second-order valence-corrected chi connectivity index (χ2v) is 3.81. The van der Waals surface area contributed by atoms with E-state index in [-0.39, 0.29) is 12.3 Å². The summed E-state index contributed by atoms with van der Waals surface area (Å²) in [5.41, 5.74) is 2.00. The molecule has 0 radical (unpaired) electrons. The van der Waals surface area contributed by atoms with E-state index >= 15 is 0 Å². The van der Waals surface area contributed by atoms with Crippen LogP contribution < -0.4 is 0 Å². The molecule has 5 heteroatoms. The van der Waals surface area contributed by atoms with Gasteiger partial charge in [-0.2, -0.15) is 0 Å². The van der Waals surface area contributed by atoms with Crippen molar-refractivity contribution >= 4 is 5.97 Å². The molecule has 1 aliphatic carbocycles. The molecule has 1 aliphatic rings. The number of rotatable bonds is 4. The first kappa shape index (κ1) is 10.2. The molecule has 0 aliphatic heterocycles. The van der Waals surface area contributed by atoms with Crippen molar-refractivity contribution in [2.75, 3.05) is 7.11 Å². The number of imidazole rings is 1. The number of hydrogen-bond donors (Lipinski definition) is 2. The molecular weight excluding hydrogens is 196 g/mol. The predicted octanol–water partition coefficient (Wildman–Crippen LogP) is 1.06. The van der Waals surface area contributed by atoms with Crippen LogP contribution in [0, 0.1) is 0 Å². The molecule has 2 rings (SSSR count). The maximum atomic E-state index is 10.6. The molecule has 82 valence electrons. The Labute approximate surface area is 87.5 Å². The topological polar surface area (TPSA) is 75.2 Å². The maximum absolute atomic E-state index is 10.6. The lowest BCUT2D eigenvalue weighted by molar-refractivity contribution is -0.137. The number of carbonyl (C=O) groups is 1. The van der Waals surface area contributed by atoms with Gasteiger partial charge in [-0.25, -0.2) is 4.98 Å². The monoisotopic (exact) mass is 210 g/mol. The first-order chi connectivity index (χ1) is 7.20. The average Bonchev–Trinajstić information content (AvgIpc) is 2.68. The van der Waals surface area contributed by atoms with Gasteiger partial charge >= 0.3 is 5.97 Å². The van der Waals surface area contributed by atoms with Crippen molar-refractivity contribution < 1.29 is 14.6 Å². The molecule has 0 amide bonds. The fraction of sp³-hybridized carbons (Fsp3) is 0.600. The number of ether oxygens (including phenoxy) is 1. The molecule has 15 heavy (non-hydrogen) atoms. The van der Waals surface area contributed by atoms with Crippen molar-refractivity contribution in [2.45, 2.75) is 31.8 Å². The second-order valence-electron chi connectivity index (χ2n) is 3.81. The number of methoxy groups -OCH3 is 1. The third-order valence-electron chi connectivity index (χ3n) is 2.69. The van der Waals surface area contributed by atoms with Crippen LogP contribution in [0.5, 0.6) is 0 Å². The number of carboxylic acids is 1. The third-order valence-corrected chi connectivity index (χ3v) is 2.69. The van der Waals surface area contributed by atoms with Crippen LogP contribution in [-0.2, 0) is 22.6 Å². The van der Waals surface area contributed by atoms with Crippen molar-refractivity contribution in [3.63, 3.8) is 0 Å². The minimum Gasteiger partial charge on any atom is -0.481 e. The van der Waals surface area contributed by atoms with Gasteiger partial charge in [0.25, 0.3) is 0 Å². The first-order valence-electron chi connectivity index (χ1n) is 4.99. The third kappa shape index (κ3) is 2.02. The van der Waals surface area contributed by atoms with E-state index in [1.165, 1.54) is 0 Å². The highest BCUT2D eigenvalue weighted by Gasteiger charge is 2.28. The molecule has 1 aromatic heterocycles. The smallest absolute Gasteiger partial charge is 0.304 e. The number of carboxylic acid groups (broad SMARTS) is 1. The largest absolute Gasteiger partial charge is 0.481 e. The lowest BCUT2D eigenvalue weighted by Crippen LogP contribution is -2.04. The molecule has 5 nitrogen and oxygen atoms in total. The minimum atomic E-state index is -0.760. The van der Waals surface area contributed by atoms with E-state index < -0.39 is 5.97 Å². The maximum Gasteiger partial charge on any atom is 0.304 e. The fourth-order valence-corrected chi connectivity index (χ4v) is 2.08. The summed E-state index contributed by atoms with van der Waals surface area (Å²) in [5.74, 6) is 0.0982. The van der Waals surface area contributed by atoms with Gasteiger partial charge in [0.15, 0.2) is 0 Å². The fourth-order valence-electron chi connectivity index (χ4n) is 2.08. The van der Waals surface area contributed by atoms with Gasteiger partial charge in [-0.3, -0.25) is 4.79 Å². The van der Waals surface area contributed by atoms with E-state index in [9.17, 15) is 4.79 Å². The van der Waals surface area contributed by atoms with Gasteiger partial charge in [0.05, 0.1) is 12.1 Å². The van der Waals surface area contributed by atoms with E-state index in [1.807, 2.05) is 0 Å². The van der Waals surface area contributed by atoms with Crippen LogP contribution in [-0.4, -0.2) is 28.2 Å². The average molecular weight is 210 g/mol. The number of fused-ring (bicyclic) bond motifs is 1. The molecule has 2 N–H and O–H groups in total. The molecule has 1 aromatic rings. The lowest BCUT2D eigenvalue weighted by atomic mass is 10.0. The number of hydrogen-bond acceptors (Lipinski definition) is 3. The van der Waals surface area contributed by atoms with Crippen molar-refractivity contribution in [1.29, 1.82) is 0 Å². The Bertz CT molecular complexity index is 373. The Morgan fingerprint density at radius 3 is 3.20 bits per heavy atom. The SMILES string of the molecule is COCc1nc2c([nH]1)CCC2CC(=O)O. The summed E-state index contributed by atoms with van der Waals surface area (Å²) in [5, 5.41) is 8.75. The second kappa shape index (κ2) is 4.02. The number of aromatic nitrogens is 2. The molecule has 0 bridgehead atoms. The standard InChI is InChI=1S/C10H14N2O3/c1-15-5-8-11-7-3-2-6(4-9(13)14)10(7)12-8/h6H,2-5H2,1H3,(H,11,12)(H,13,14). The van der Waals surface area contributed by atoms with Crippen LogP contribution >= 0.6 is 0 Å². The van der Waals surface area contributed by atoms with Gasteiger partial charge in [-0.15, -0.1) is 0 Å². The summed E-state index contributed by atoms with van der Waals surface area (Å²) in [6, 6.07) is 0. The zero-order valence-corrected chi connectivity index (χ0v) is 8.62. The predicted molar refractivity (Wildman–Crippen MR) is 52.6 cm³/mol. The van der Waals surface area contributed by atoms with Crippen molar-refractivity contribution in [3.8, 4) is 0 Å². The van der Waals surface area contributed by atoms with E-state index in [0.29, 0.717) is 6.61 Å². The molecule has 1 atom stereocenters. The van der Waals surface area contributed by atoms with Crippen LogP contribution in [0.2, 0.25) is 0 Å². The molecule has 1 unspecified atom stereocenters. The lowest BCUT2D eigenvalue weighted by Gasteiger charge is -2.04. The van der Waals surface area contributed by atoms with Gasteiger partial charge in [-0.1, -0.05) is 0 Å². The highest BCUT2D eigenvalue weighted by Crippen LogP contribution is 2.33. The summed E-state index contributed by atoms with van der Waals surface area (Å²) in [6.07, 6.45) is 1.95. The van der Waals surface area contributed by atoms with Crippen molar-refractivity contribution in [1.82, 2.24) is 9.97 Å². The molecule has 0 spiro atoms. The molecule has 0 saturated heterocycles. The Kier molecular flexibility index (Phi) is 2.73. The summed E-state index contributed by atoms with van der Waals surface area (Å²) in [7, 11) is 1.61. The number of H-pyrrole nitrogens is 1. The van der Waals surface area contributed by atoms with E-state index in [2.05, 4.69) is 9.97 Å². The van der Waals surface area contributed by atoms with Crippen LogP contribution in [0.3, 0.4) is 0 Å². The Hall–Kier alpha value is -1.36. The van der Waals surface area contributed by atoms with Crippen LogP contribution in [0.4, 0.5) is 0 Å². The molecule has 0 saturated carbocycles. The van der Waals surface area contributed by atoms with E-state index in [4.69, 9.17) is 9.84 Å². The van der Waals surface area contributed by atoms with Crippen LogP contribution in [0.15, 0.2) is 0 Å². The van der Waals surface area contributed by atoms with Crippen LogP contribution in [0.25, 0.3) is 0 Å².